The smallest absolute Gasteiger partial charge is 0.224 e. The summed E-state index contributed by atoms with van der Waals surface area (Å²) < 4.78 is 5.44. The van der Waals surface area contributed by atoms with Gasteiger partial charge in [-0.05, 0) is 25.3 Å². The zero-order chi connectivity index (χ0) is 14.7. The van der Waals surface area contributed by atoms with Crippen LogP contribution >= 0.6 is 0 Å². The molecule has 0 radical (unpaired) electrons. The fraction of sp³-hybridized carbons (Fsp3) is 0.588. The van der Waals surface area contributed by atoms with Crippen molar-refractivity contribution < 1.29 is 9.53 Å². The number of amides is 1. The van der Waals surface area contributed by atoms with Gasteiger partial charge in [0, 0.05) is 25.6 Å². The Morgan fingerprint density at radius 2 is 2.19 bits per heavy atom. The minimum absolute atomic E-state index is 0.172. The van der Waals surface area contributed by atoms with Crippen molar-refractivity contribution in [3.63, 3.8) is 0 Å². The second-order valence-corrected chi connectivity index (χ2v) is 6.09. The Labute approximate surface area is 126 Å². The van der Waals surface area contributed by atoms with Crippen molar-refractivity contribution in [2.24, 2.45) is 0 Å². The first kappa shape index (κ1) is 14.5. The van der Waals surface area contributed by atoms with Crippen LogP contribution in [0.3, 0.4) is 0 Å². The number of hydrogen-bond acceptors (Lipinski definition) is 3. The lowest BCUT2D eigenvalue weighted by Crippen LogP contribution is -2.45. The van der Waals surface area contributed by atoms with Crippen LogP contribution in [0.5, 0.6) is 0 Å². The van der Waals surface area contributed by atoms with Gasteiger partial charge in [0.05, 0.1) is 19.3 Å². The van der Waals surface area contributed by atoms with Gasteiger partial charge in [0.25, 0.3) is 0 Å². The van der Waals surface area contributed by atoms with Crippen LogP contribution in [0.2, 0.25) is 0 Å². The second kappa shape index (κ2) is 6.58. The first-order valence-electron chi connectivity index (χ1n) is 7.91. The molecule has 1 amide bonds. The van der Waals surface area contributed by atoms with E-state index >= 15 is 0 Å². The zero-order valence-electron chi connectivity index (χ0n) is 12.7. The predicted octanol–water partition coefficient (Wildman–Crippen LogP) is 2.04. The first-order valence-corrected chi connectivity index (χ1v) is 7.91. The number of hydrogen-bond donors (Lipinski definition) is 1. The van der Waals surface area contributed by atoms with E-state index in [4.69, 9.17) is 4.74 Å². The molecule has 2 aliphatic rings. The number of ether oxygens (including phenoxy) is 1. The van der Waals surface area contributed by atoms with Gasteiger partial charge in [0.2, 0.25) is 5.91 Å². The molecule has 1 aromatic rings. The SMILES string of the molecule is Cc1ccc(C2CCCN2C(=O)CC2COCCN2)cc1. The van der Waals surface area contributed by atoms with Crippen LogP contribution in [-0.2, 0) is 9.53 Å². The van der Waals surface area contributed by atoms with Gasteiger partial charge in [-0.2, -0.15) is 0 Å². The maximum absolute atomic E-state index is 12.6. The van der Waals surface area contributed by atoms with E-state index in [9.17, 15) is 4.79 Å². The molecule has 114 valence electrons. The number of carbonyl (C=O) groups is 1. The summed E-state index contributed by atoms with van der Waals surface area (Å²) in [6.07, 6.45) is 2.71. The first-order chi connectivity index (χ1) is 10.2. The summed E-state index contributed by atoms with van der Waals surface area (Å²) >= 11 is 0. The lowest BCUT2D eigenvalue weighted by molar-refractivity contribution is -0.133. The van der Waals surface area contributed by atoms with E-state index in [0.29, 0.717) is 13.0 Å². The molecule has 2 atom stereocenters. The molecule has 0 spiro atoms. The molecule has 0 saturated carbocycles. The Bertz CT molecular complexity index is 480. The van der Waals surface area contributed by atoms with Crippen molar-refractivity contribution in [1.82, 2.24) is 10.2 Å². The highest BCUT2D eigenvalue weighted by Gasteiger charge is 2.31. The van der Waals surface area contributed by atoms with Crippen molar-refractivity contribution >= 4 is 5.91 Å². The number of carbonyl (C=O) groups excluding carboxylic acids is 1. The van der Waals surface area contributed by atoms with E-state index in [0.717, 1.165) is 32.5 Å². The van der Waals surface area contributed by atoms with Gasteiger partial charge in [-0.1, -0.05) is 29.8 Å². The van der Waals surface area contributed by atoms with E-state index < -0.39 is 0 Å². The molecular formula is C17H24N2O2. The van der Waals surface area contributed by atoms with E-state index in [1.165, 1.54) is 11.1 Å². The largest absolute Gasteiger partial charge is 0.378 e. The zero-order valence-corrected chi connectivity index (χ0v) is 12.7. The molecule has 1 aromatic carbocycles. The van der Waals surface area contributed by atoms with Crippen molar-refractivity contribution in [2.75, 3.05) is 26.3 Å². The summed E-state index contributed by atoms with van der Waals surface area (Å²) in [5.74, 6) is 0.251. The lowest BCUT2D eigenvalue weighted by atomic mass is 10.0. The quantitative estimate of drug-likeness (QED) is 0.925. The molecule has 0 aromatic heterocycles. The van der Waals surface area contributed by atoms with E-state index in [-0.39, 0.29) is 18.0 Å². The van der Waals surface area contributed by atoms with Crippen molar-refractivity contribution in [3.05, 3.63) is 35.4 Å². The fourth-order valence-electron chi connectivity index (χ4n) is 3.28. The highest BCUT2D eigenvalue weighted by Crippen LogP contribution is 2.32. The topological polar surface area (TPSA) is 41.6 Å². The molecule has 2 fully saturated rings. The van der Waals surface area contributed by atoms with Crippen LogP contribution in [0, 0.1) is 6.92 Å². The molecule has 2 heterocycles. The van der Waals surface area contributed by atoms with E-state index in [1.807, 2.05) is 0 Å². The Morgan fingerprint density at radius 3 is 2.90 bits per heavy atom. The van der Waals surface area contributed by atoms with Crippen LogP contribution < -0.4 is 5.32 Å². The lowest BCUT2D eigenvalue weighted by Gasteiger charge is -2.29. The van der Waals surface area contributed by atoms with Crippen molar-refractivity contribution in [3.8, 4) is 0 Å². The highest BCUT2D eigenvalue weighted by molar-refractivity contribution is 5.77. The summed E-state index contributed by atoms with van der Waals surface area (Å²) in [4.78, 5) is 14.7. The molecule has 0 bridgehead atoms. The average Bonchev–Trinajstić information content (AvgIpc) is 2.98. The van der Waals surface area contributed by atoms with Gasteiger partial charge in [-0.25, -0.2) is 0 Å². The predicted molar refractivity (Wildman–Crippen MR) is 82.1 cm³/mol. The Hall–Kier alpha value is -1.39. The molecule has 4 heteroatoms. The van der Waals surface area contributed by atoms with Crippen LogP contribution in [0.4, 0.5) is 0 Å². The minimum atomic E-state index is 0.172. The number of nitrogens with zero attached hydrogens (tertiary/aromatic N) is 1. The maximum atomic E-state index is 12.6. The average molecular weight is 288 g/mol. The van der Waals surface area contributed by atoms with Gasteiger partial charge in [-0.3, -0.25) is 4.79 Å². The Kier molecular flexibility index (Phi) is 4.56. The second-order valence-electron chi connectivity index (χ2n) is 6.09. The van der Waals surface area contributed by atoms with Gasteiger partial charge in [-0.15, -0.1) is 0 Å². The van der Waals surface area contributed by atoms with Gasteiger partial charge < -0.3 is 15.0 Å². The molecule has 21 heavy (non-hydrogen) atoms. The molecule has 3 rings (SSSR count). The molecular weight excluding hydrogens is 264 g/mol. The summed E-state index contributed by atoms with van der Waals surface area (Å²) in [6, 6.07) is 9.01. The number of rotatable bonds is 3. The molecule has 1 N–H and O–H groups in total. The van der Waals surface area contributed by atoms with E-state index in [1.54, 1.807) is 0 Å². The Morgan fingerprint density at radius 1 is 1.38 bits per heavy atom. The van der Waals surface area contributed by atoms with Crippen molar-refractivity contribution in [2.45, 2.75) is 38.3 Å². The molecule has 4 nitrogen and oxygen atoms in total. The number of benzene rings is 1. The third-order valence-electron chi connectivity index (χ3n) is 4.45. The molecule has 0 aliphatic carbocycles. The fourth-order valence-corrected chi connectivity index (χ4v) is 3.28. The number of likely N-dealkylation sites (tertiary alicyclic amines) is 1. The van der Waals surface area contributed by atoms with Crippen LogP contribution in [0.15, 0.2) is 24.3 Å². The minimum Gasteiger partial charge on any atom is -0.378 e. The van der Waals surface area contributed by atoms with Crippen molar-refractivity contribution in [1.29, 1.82) is 0 Å². The summed E-state index contributed by atoms with van der Waals surface area (Å²) in [5, 5.41) is 3.36. The van der Waals surface area contributed by atoms with E-state index in [2.05, 4.69) is 41.4 Å². The highest BCUT2D eigenvalue weighted by atomic mass is 16.5. The molecule has 2 aliphatic heterocycles. The summed E-state index contributed by atoms with van der Waals surface area (Å²) in [6.45, 7) is 5.22. The monoisotopic (exact) mass is 288 g/mol. The van der Waals surface area contributed by atoms with Crippen LogP contribution in [0.25, 0.3) is 0 Å². The van der Waals surface area contributed by atoms with Crippen LogP contribution in [0.1, 0.15) is 36.4 Å². The van der Waals surface area contributed by atoms with Gasteiger partial charge >= 0.3 is 0 Å². The molecule has 2 unspecified atom stereocenters. The normalized spacial score (nSPS) is 26.0. The number of nitrogens with one attached hydrogen (secondary N) is 1. The Balaban J connectivity index is 1.65. The third-order valence-corrected chi connectivity index (χ3v) is 4.45. The number of aryl methyl sites for hydroxylation is 1. The third kappa shape index (κ3) is 3.44. The number of morpholine rings is 1. The van der Waals surface area contributed by atoms with Gasteiger partial charge in [0.1, 0.15) is 0 Å². The summed E-state index contributed by atoms with van der Waals surface area (Å²) in [7, 11) is 0. The van der Waals surface area contributed by atoms with Gasteiger partial charge in [0.15, 0.2) is 0 Å². The summed E-state index contributed by atoms with van der Waals surface area (Å²) in [5.41, 5.74) is 2.53. The maximum Gasteiger partial charge on any atom is 0.224 e. The standard InChI is InChI=1S/C17H24N2O2/c1-13-4-6-14(7-5-13)16-3-2-9-19(16)17(20)11-15-12-21-10-8-18-15/h4-7,15-16,18H,2-3,8-12H2,1H3. The van der Waals surface area contributed by atoms with Crippen LogP contribution in [-0.4, -0.2) is 43.2 Å². The molecule has 2 saturated heterocycles.